The molecule has 0 aliphatic carbocycles. The number of aromatic nitrogens is 1. The summed E-state index contributed by atoms with van der Waals surface area (Å²) in [5.74, 6) is 0. The van der Waals surface area contributed by atoms with E-state index < -0.39 is 6.10 Å². The van der Waals surface area contributed by atoms with Gasteiger partial charge in [-0.2, -0.15) is 0 Å². The van der Waals surface area contributed by atoms with Crippen molar-refractivity contribution in [3.05, 3.63) is 37.0 Å². The fraction of sp³-hybridized carbons (Fsp3) is 0.125. The monoisotopic (exact) mass is 150 g/mol. The van der Waals surface area contributed by atoms with Gasteiger partial charge in [-0.05, 0) is 24.6 Å². The van der Waals surface area contributed by atoms with Crippen molar-refractivity contribution in [1.29, 1.82) is 0 Å². The molecule has 1 aromatic heterocycles. The Bertz CT molecular complexity index is 223. The molecule has 3 heteroatoms. The van der Waals surface area contributed by atoms with Crippen molar-refractivity contribution in [2.75, 3.05) is 0 Å². The van der Waals surface area contributed by atoms with Crippen molar-refractivity contribution in [3.8, 4) is 0 Å². The molecular weight excluding hydrogens is 142 g/mol. The normalized spacial score (nSPS) is 12.1. The summed E-state index contributed by atoms with van der Waals surface area (Å²) in [6.45, 7) is 4.00. The Morgan fingerprint density at radius 1 is 1.55 bits per heavy atom. The van der Waals surface area contributed by atoms with E-state index >= 15 is 0 Å². The maximum atomic E-state index is 9.91. The topological polar surface area (TPSA) is 39.2 Å². The summed E-state index contributed by atoms with van der Waals surface area (Å²) < 4.78 is 4.61. The molecule has 1 atom stereocenters. The average Bonchev–Trinajstić information content (AvgIpc) is 2.07. The number of hydrogen-bond donors (Lipinski definition) is 0. The molecule has 0 fully saturated rings. The molecule has 11 heavy (non-hydrogen) atoms. The summed E-state index contributed by atoms with van der Waals surface area (Å²) >= 11 is 0. The molecule has 1 rings (SSSR count). The highest BCUT2D eigenvalue weighted by Gasteiger charge is 2.02. The van der Waals surface area contributed by atoms with E-state index in [0.29, 0.717) is 6.47 Å². The third-order valence-corrected chi connectivity index (χ3v) is 1.30. The van der Waals surface area contributed by atoms with E-state index in [2.05, 4.69) is 16.6 Å². The molecule has 0 aliphatic heterocycles. The molecule has 1 unspecified atom stereocenters. The van der Waals surface area contributed by atoms with Crippen molar-refractivity contribution >= 4 is 6.47 Å². The van der Waals surface area contributed by atoms with Gasteiger partial charge in [-0.25, -0.2) is 0 Å². The van der Waals surface area contributed by atoms with Gasteiger partial charge in [-0.15, -0.1) is 0 Å². The average molecular weight is 150 g/mol. The van der Waals surface area contributed by atoms with E-state index in [1.165, 1.54) is 0 Å². The minimum atomic E-state index is -0.435. The van der Waals surface area contributed by atoms with E-state index in [1.54, 1.807) is 24.5 Å². The molecule has 0 bridgehead atoms. The van der Waals surface area contributed by atoms with Crippen LogP contribution in [0.3, 0.4) is 0 Å². The minimum absolute atomic E-state index is 0.387. The fourth-order valence-corrected chi connectivity index (χ4v) is 0.724. The largest absolute Gasteiger partial charge is 0.460 e. The third-order valence-electron chi connectivity index (χ3n) is 1.30. The van der Waals surface area contributed by atoms with Crippen molar-refractivity contribution in [1.82, 2.24) is 4.98 Å². The Balaban J connectivity index is 2.68. The van der Waals surface area contributed by atoms with E-state index in [9.17, 15) is 4.79 Å². The number of carbonyl (C=O) groups is 1. The maximum absolute atomic E-state index is 9.91. The summed E-state index contributed by atoms with van der Waals surface area (Å²) in [6.07, 6.45) is 2.82. The zero-order valence-electron chi connectivity index (χ0n) is 5.93. The molecule has 0 N–H and O–H groups in total. The second-order valence-electron chi connectivity index (χ2n) is 2.00. The Morgan fingerprint density at radius 2 is 2.18 bits per heavy atom. The predicted octanol–water partition coefficient (Wildman–Crippen LogP) is 1.13. The molecule has 1 radical (unpaired) electrons. The van der Waals surface area contributed by atoms with E-state index in [0.717, 1.165) is 5.56 Å². The smallest absolute Gasteiger partial charge is 0.293 e. The first kappa shape index (κ1) is 7.72. The molecule has 0 spiro atoms. The van der Waals surface area contributed by atoms with Gasteiger partial charge in [0, 0.05) is 12.4 Å². The van der Waals surface area contributed by atoms with Crippen molar-refractivity contribution in [2.45, 2.75) is 6.10 Å². The van der Waals surface area contributed by atoms with Crippen molar-refractivity contribution in [3.63, 3.8) is 0 Å². The van der Waals surface area contributed by atoms with Crippen LogP contribution < -0.4 is 0 Å². The lowest BCUT2D eigenvalue weighted by Gasteiger charge is -2.07. The Morgan fingerprint density at radius 3 is 2.73 bits per heavy atom. The van der Waals surface area contributed by atoms with Crippen LogP contribution in [0, 0.1) is 6.92 Å². The Kier molecular flexibility index (Phi) is 2.60. The van der Waals surface area contributed by atoms with Crippen LogP contribution in [0.5, 0.6) is 0 Å². The van der Waals surface area contributed by atoms with Gasteiger partial charge in [-0.1, -0.05) is 0 Å². The Hall–Kier alpha value is -1.38. The lowest BCUT2D eigenvalue weighted by atomic mass is 10.2. The highest BCUT2D eigenvalue weighted by Crippen LogP contribution is 2.12. The number of hydrogen-bond acceptors (Lipinski definition) is 3. The molecule has 3 nitrogen and oxygen atoms in total. The van der Waals surface area contributed by atoms with Gasteiger partial charge in [0.2, 0.25) is 0 Å². The minimum Gasteiger partial charge on any atom is -0.460 e. The van der Waals surface area contributed by atoms with Gasteiger partial charge in [0.1, 0.15) is 6.10 Å². The van der Waals surface area contributed by atoms with Crippen LogP contribution in [-0.2, 0) is 9.53 Å². The van der Waals surface area contributed by atoms with Crippen molar-refractivity contribution < 1.29 is 9.53 Å². The van der Waals surface area contributed by atoms with Crippen LogP contribution in [0.2, 0.25) is 0 Å². The third kappa shape index (κ3) is 2.04. The first-order valence-electron chi connectivity index (χ1n) is 3.16. The molecule has 1 aromatic rings. The van der Waals surface area contributed by atoms with Crippen molar-refractivity contribution in [2.24, 2.45) is 0 Å². The van der Waals surface area contributed by atoms with E-state index in [1.807, 2.05) is 0 Å². The number of ether oxygens (including phenoxy) is 1. The van der Waals surface area contributed by atoms with Gasteiger partial charge < -0.3 is 4.74 Å². The second kappa shape index (κ2) is 3.71. The van der Waals surface area contributed by atoms with Gasteiger partial charge >= 0.3 is 0 Å². The number of nitrogens with zero attached hydrogens (tertiary/aromatic N) is 1. The number of carbonyl (C=O) groups excluding carboxylic acids is 1. The summed E-state index contributed by atoms with van der Waals surface area (Å²) in [5, 5.41) is 0. The first-order chi connectivity index (χ1) is 5.34. The van der Waals surface area contributed by atoms with Crippen LogP contribution in [0.4, 0.5) is 0 Å². The predicted molar refractivity (Wildman–Crippen MR) is 39.5 cm³/mol. The molecule has 1 heterocycles. The highest BCUT2D eigenvalue weighted by atomic mass is 16.5. The van der Waals surface area contributed by atoms with Crippen LogP contribution in [-0.4, -0.2) is 11.5 Å². The van der Waals surface area contributed by atoms with Crippen LogP contribution in [0.1, 0.15) is 11.7 Å². The fourth-order valence-electron chi connectivity index (χ4n) is 0.724. The maximum Gasteiger partial charge on any atom is 0.293 e. The lowest BCUT2D eigenvalue weighted by Crippen LogP contribution is -1.97. The number of pyridine rings is 1. The van der Waals surface area contributed by atoms with E-state index in [4.69, 9.17) is 0 Å². The zero-order valence-corrected chi connectivity index (χ0v) is 5.93. The highest BCUT2D eigenvalue weighted by molar-refractivity contribution is 5.38. The molecule has 0 aromatic carbocycles. The number of rotatable bonds is 3. The standard InChI is InChI=1S/C8H8NO2/c1-7(11-6-10)8-2-4-9-5-3-8/h2-7H,1H2. The molecule has 0 amide bonds. The van der Waals surface area contributed by atoms with E-state index in [-0.39, 0.29) is 0 Å². The first-order valence-corrected chi connectivity index (χ1v) is 3.16. The molecule has 0 aliphatic rings. The van der Waals surface area contributed by atoms with Gasteiger partial charge in [0.25, 0.3) is 6.47 Å². The van der Waals surface area contributed by atoms with Crippen LogP contribution in [0.15, 0.2) is 24.5 Å². The Labute approximate surface area is 65.0 Å². The molecule has 0 saturated heterocycles. The SMILES string of the molecule is [CH2]C(OC=O)c1ccncc1. The zero-order chi connectivity index (χ0) is 8.10. The summed E-state index contributed by atoms with van der Waals surface area (Å²) in [6, 6.07) is 3.50. The van der Waals surface area contributed by atoms with Gasteiger partial charge in [-0.3, -0.25) is 9.78 Å². The molecule has 57 valence electrons. The van der Waals surface area contributed by atoms with Gasteiger partial charge in [0.15, 0.2) is 0 Å². The summed E-state index contributed by atoms with van der Waals surface area (Å²) in [5.41, 5.74) is 0.840. The summed E-state index contributed by atoms with van der Waals surface area (Å²) in [7, 11) is 0. The van der Waals surface area contributed by atoms with Gasteiger partial charge in [0.05, 0.1) is 0 Å². The summed E-state index contributed by atoms with van der Waals surface area (Å²) in [4.78, 5) is 13.7. The molecule has 0 saturated carbocycles. The molecular formula is C8H8NO2. The van der Waals surface area contributed by atoms with Crippen LogP contribution in [0.25, 0.3) is 0 Å². The second-order valence-corrected chi connectivity index (χ2v) is 2.00. The lowest BCUT2D eigenvalue weighted by molar-refractivity contribution is -0.131. The quantitative estimate of drug-likeness (QED) is 0.606. The van der Waals surface area contributed by atoms with Crippen LogP contribution >= 0.6 is 0 Å².